The zero-order valence-corrected chi connectivity index (χ0v) is 13.9. The number of halogens is 2. The van der Waals surface area contributed by atoms with E-state index in [1.807, 2.05) is 0 Å². The molecule has 1 aliphatic rings. The Bertz CT molecular complexity index is 834. The third-order valence-corrected chi connectivity index (χ3v) is 3.91. The SMILES string of the molecule is O=C1NC(=O)/C(=C\c2ccc(OCc3ccc(F)cc3)c(Br)c2)N1. The molecule has 0 unspecified atom stereocenters. The first-order valence-corrected chi connectivity index (χ1v) is 7.81. The zero-order chi connectivity index (χ0) is 17.1. The number of rotatable bonds is 4. The van der Waals surface area contributed by atoms with Gasteiger partial charge < -0.3 is 10.1 Å². The highest BCUT2D eigenvalue weighted by Crippen LogP contribution is 2.27. The predicted molar refractivity (Wildman–Crippen MR) is 89.5 cm³/mol. The summed E-state index contributed by atoms with van der Waals surface area (Å²) in [5.74, 6) is -0.144. The van der Waals surface area contributed by atoms with Gasteiger partial charge in [0.2, 0.25) is 0 Å². The summed E-state index contributed by atoms with van der Waals surface area (Å²) < 4.78 is 19.3. The minimum Gasteiger partial charge on any atom is -0.488 e. The number of carbonyl (C=O) groups is 2. The second-order valence-electron chi connectivity index (χ2n) is 5.07. The average molecular weight is 391 g/mol. The molecule has 2 aromatic carbocycles. The standard InChI is InChI=1S/C17H12BrFN2O3/c18-13-7-11(8-14-16(22)21-17(23)20-14)3-6-15(13)24-9-10-1-4-12(19)5-2-10/h1-8H,9H2,(H2,20,21,22,23)/b14-8+. The first kappa shape index (κ1) is 16.2. The van der Waals surface area contributed by atoms with E-state index in [0.717, 1.165) is 11.1 Å². The van der Waals surface area contributed by atoms with Gasteiger partial charge in [-0.15, -0.1) is 0 Å². The topological polar surface area (TPSA) is 67.4 Å². The Morgan fingerprint density at radius 3 is 2.46 bits per heavy atom. The number of ether oxygens (including phenoxy) is 1. The molecule has 5 nitrogen and oxygen atoms in total. The molecule has 0 atom stereocenters. The zero-order valence-electron chi connectivity index (χ0n) is 12.3. The Morgan fingerprint density at radius 2 is 1.83 bits per heavy atom. The van der Waals surface area contributed by atoms with Crippen molar-refractivity contribution in [2.45, 2.75) is 6.61 Å². The Hall–Kier alpha value is -2.67. The molecule has 3 rings (SSSR count). The van der Waals surface area contributed by atoms with Crippen molar-refractivity contribution in [1.82, 2.24) is 10.6 Å². The van der Waals surface area contributed by atoms with Crippen molar-refractivity contribution in [3.63, 3.8) is 0 Å². The summed E-state index contributed by atoms with van der Waals surface area (Å²) >= 11 is 3.41. The largest absolute Gasteiger partial charge is 0.488 e. The summed E-state index contributed by atoms with van der Waals surface area (Å²) in [6.07, 6.45) is 1.56. The van der Waals surface area contributed by atoms with Crippen molar-refractivity contribution >= 4 is 33.9 Å². The Morgan fingerprint density at radius 1 is 1.08 bits per heavy atom. The van der Waals surface area contributed by atoms with Crippen molar-refractivity contribution in [3.05, 3.63) is 69.6 Å². The van der Waals surface area contributed by atoms with Crippen molar-refractivity contribution in [2.75, 3.05) is 0 Å². The van der Waals surface area contributed by atoms with E-state index < -0.39 is 11.9 Å². The fraction of sp³-hybridized carbons (Fsp3) is 0.0588. The van der Waals surface area contributed by atoms with Crippen LogP contribution < -0.4 is 15.4 Å². The van der Waals surface area contributed by atoms with Crippen LogP contribution in [0.2, 0.25) is 0 Å². The molecule has 1 fully saturated rings. The first-order valence-electron chi connectivity index (χ1n) is 7.02. The molecular weight excluding hydrogens is 379 g/mol. The van der Waals surface area contributed by atoms with Gasteiger partial charge >= 0.3 is 6.03 Å². The molecular formula is C17H12BrFN2O3. The van der Waals surface area contributed by atoms with Gasteiger partial charge in [-0.1, -0.05) is 18.2 Å². The number of urea groups is 1. The van der Waals surface area contributed by atoms with Crippen LogP contribution in [0.5, 0.6) is 5.75 Å². The molecule has 0 saturated carbocycles. The molecule has 2 aromatic rings. The average Bonchev–Trinajstić information content (AvgIpc) is 2.86. The van der Waals surface area contributed by atoms with Crippen LogP contribution in [0.4, 0.5) is 9.18 Å². The van der Waals surface area contributed by atoms with Crippen LogP contribution in [-0.2, 0) is 11.4 Å². The third kappa shape index (κ3) is 3.80. The highest BCUT2D eigenvalue weighted by molar-refractivity contribution is 9.10. The number of amides is 3. The van der Waals surface area contributed by atoms with Crippen molar-refractivity contribution in [3.8, 4) is 5.75 Å². The number of hydrogen-bond acceptors (Lipinski definition) is 3. The van der Waals surface area contributed by atoms with E-state index in [0.29, 0.717) is 16.8 Å². The molecule has 24 heavy (non-hydrogen) atoms. The van der Waals surface area contributed by atoms with Gasteiger partial charge in [0.05, 0.1) is 4.47 Å². The molecule has 2 N–H and O–H groups in total. The quantitative estimate of drug-likeness (QED) is 0.621. The van der Waals surface area contributed by atoms with Crippen molar-refractivity contribution in [2.24, 2.45) is 0 Å². The summed E-state index contributed by atoms with van der Waals surface area (Å²) in [7, 11) is 0. The molecule has 122 valence electrons. The summed E-state index contributed by atoms with van der Waals surface area (Å²) in [6, 6.07) is 10.8. The van der Waals surface area contributed by atoms with Crippen LogP contribution in [-0.4, -0.2) is 11.9 Å². The van der Waals surface area contributed by atoms with E-state index >= 15 is 0 Å². The van der Waals surface area contributed by atoms with Gasteiger partial charge in [-0.2, -0.15) is 0 Å². The van der Waals surface area contributed by atoms with Gasteiger partial charge in [0, 0.05) is 0 Å². The second-order valence-corrected chi connectivity index (χ2v) is 5.93. The number of imide groups is 1. The van der Waals surface area contributed by atoms with E-state index in [-0.39, 0.29) is 11.5 Å². The Labute approximate surface area is 145 Å². The molecule has 0 aromatic heterocycles. The Kier molecular flexibility index (Phi) is 4.61. The maximum Gasteiger partial charge on any atom is 0.326 e. The molecule has 7 heteroatoms. The maximum atomic E-state index is 12.9. The summed E-state index contributed by atoms with van der Waals surface area (Å²) in [5.41, 5.74) is 1.76. The van der Waals surface area contributed by atoms with E-state index in [1.54, 1.807) is 36.4 Å². The highest BCUT2D eigenvalue weighted by Gasteiger charge is 2.22. The van der Waals surface area contributed by atoms with Gasteiger partial charge in [0.15, 0.2) is 0 Å². The lowest BCUT2D eigenvalue weighted by atomic mass is 10.2. The van der Waals surface area contributed by atoms with Crippen LogP contribution >= 0.6 is 15.9 Å². The van der Waals surface area contributed by atoms with E-state index in [4.69, 9.17) is 4.74 Å². The Balaban J connectivity index is 1.70. The number of nitrogens with one attached hydrogen (secondary N) is 2. The fourth-order valence-electron chi connectivity index (χ4n) is 2.11. The fourth-order valence-corrected chi connectivity index (χ4v) is 2.63. The second kappa shape index (κ2) is 6.84. The van der Waals surface area contributed by atoms with E-state index in [1.165, 1.54) is 12.1 Å². The molecule has 0 bridgehead atoms. The lowest BCUT2D eigenvalue weighted by Gasteiger charge is -2.09. The predicted octanol–water partition coefficient (Wildman–Crippen LogP) is 3.35. The van der Waals surface area contributed by atoms with E-state index in [2.05, 4.69) is 26.6 Å². The van der Waals surface area contributed by atoms with Crippen LogP contribution in [0.1, 0.15) is 11.1 Å². The van der Waals surface area contributed by atoms with Gasteiger partial charge in [-0.05, 0) is 57.4 Å². The highest BCUT2D eigenvalue weighted by atomic mass is 79.9. The smallest absolute Gasteiger partial charge is 0.326 e. The molecule has 0 spiro atoms. The minimum absolute atomic E-state index is 0.187. The molecule has 1 aliphatic heterocycles. The summed E-state index contributed by atoms with van der Waals surface area (Å²) in [4.78, 5) is 22.6. The van der Waals surface area contributed by atoms with Crippen LogP contribution in [0.15, 0.2) is 52.6 Å². The van der Waals surface area contributed by atoms with Crippen molar-refractivity contribution < 1.29 is 18.7 Å². The van der Waals surface area contributed by atoms with Gasteiger partial charge in [-0.3, -0.25) is 10.1 Å². The minimum atomic E-state index is -0.537. The van der Waals surface area contributed by atoms with Gasteiger partial charge in [0.25, 0.3) is 5.91 Å². The number of benzene rings is 2. The molecule has 1 saturated heterocycles. The van der Waals surface area contributed by atoms with Crippen molar-refractivity contribution in [1.29, 1.82) is 0 Å². The monoisotopic (exact) mass is 390 g/mol. The molecule has 3 amide bonds. The maximum absolute atomic E-state index is 12.9. The van der Waals surface area contributed by atoms with Crippen LogP contribution in [0.25, 0.3) is 6.08 Å². The summed E-state index contributed by atoms with van der Waals surface area (Å²) in [5, 5.41) is 4.56. The number of hydrogen-bond donors (Lipinski definition) is 2. The van der Waals surface area contributed by atoms with Gasteiger partial charge in [0.1, 0.15) is 23.9 Å². The molecule has 1 heterocycles. The third-order valence-electron chi connectivity index (χ3n) is 3.29. The lowest BCUT2D eigenvalue weighted by molar-refractivity contribution is -0.115. The lowest BCUT2D eigenvalue weighted by Crippen LogP contribution is -2.22. The molecule has 0 radical (unpaired) electrons. The normalized spacial score (nSPS) is 15.3. The first-order chi connectivity index (χ1) is 11.5. The molecule has 0 aliphatic carbocycles. The van der Waals surface area contributed by atoms with E-state index in [9.17, 15) is 14.0 Å². The summed E-state index contributed by atoms with van der Waals surface area (Å²) in [6.45, 7) is 0.303. The van der Waals surface area contributed by atoms with Crippen LogP contribution in [0.3, 0.4) is 0 Å². The van der Waals surface area contributed by atoms with Crippen LogP contribution in [0, 0.1) is 5.82 Å². The van der Waals surface area contributed by atoms with Gasteiger partial charge in [-0.25, -0.2) is 9.18 Å². The number of carbonyl (C=O) groups excluding carboxylic acids is 2.